The number of fused-ring (bicyclic) bond motifs is 2. The first-order chi connectivity index (χ1) is 12.6. The third kappa shape index (κ3) is 3.79. The Kier molecular flexibility index (Phi) is 6.86. The molecule has 5 heteroatoms. The predicted molar refractivity (Wildman–Crippen MR) is 109 cm³/mol. The first-order valence-corrected chi connectivity index (χ1v) is 10.4. The molecule has 3 aliphatic rings. The van der Waals surface area contributed by atoms with Crippen molar-refractivity contribution >= 4 is 12.4 Å². The Hall–Kier alpha value is -0.650. The fraction of sp³-hybridized carbons (Fsp3) is 0.727. The topological polar surface area (TPSA) is 52.9 Å². The summed E-state index contributed by atoms with van der Waals surface area (Å²) in [5, 5.41) is 22.2. The van der Waals surface area contributed by atoms with Gasteiger partial charge >= 0.3 is 0 Å². The van der Waals surface area contributed by atoms with E-state index in [2.05, 4.69) is 11.9 Å². The molecule has 2 aliphatic carbocycles. The summed E-state index contributed by atoms with van der Waals surface area (Å²) in [6.45, 7) is 2.08. The molecule has 1 aromatic carbocycles. The van der Waals surface area contributed by atoms with E-state index in [1.165, 1.54) is 19.3 Å². The monoisotopic (exact) mass is 395 g/mol. The van der Waals surface area contributed by atoms with Crippen LogP contribution < -0.4 is 0 Å². The molecular formula is C22H34ClNO3. The lowest BCUT2D eigenvalue weighted by atomic mass is 9.61. The maximum atomic E-state index is 12.1. The van der Waals surface area contributed by atoms with Crippen LogP contribution in [0.4, 0.5) is 0 Å². The van der Waals surface area contributed by atoms with Gasteiger partial charge in [-0.05, 0) is 62.0 Å². The number of hydrogen-bond donors (Lipinski definition) is 2. The summed E-state index contributed by atoms with van der Waals surface area (Å²) < 4.78 is 0. The molecule has 3 fully saturated rings. The number of hydrogen-bond acceptors (Lipinski definition) is 4. The Labute approximate surface area is 169 Å². The van der Waals surface area contributed by atoms with E-state index in [0.29, 0.717) is 11.8 Å². The quantitative estimate of drug-likeness (QED) is 0.575. The Bertz CT molecular complexity index is 580. The van der Waals surface area contributed by atoms with E-state index >= 15 is 0 Å². The molecule has 1 aromatic rings. The van der Waals surface area contributed by atoms with Crippen molar-refractivity contribution in [1.82, 2.24) is 4.90 Å². The Morgan fingerprint density at radius 1 is 1.00 bits per heavy atom. The van der Waals surface area contributed by atoms with Gasteiger partial charge in [-0.1, -0.05) is 49.6 Å². The molecule has 2 N–H and O–H groups in total. The molecular weight excluding hydrogens is 362 g/mol. The number of likely N-dealkylation sites (tertiary alicyclic amines) is 1. The highest BCUT2D eigenvalue weighted by Crippen LogP contribution is 2.51. The summed E-state index contributed by atoms with van der Waals surface area (Å²) in [4.78, 5) is 7.64. The zero-order valence-electron chi connectivity index (χ0n) is 16.3. The van der Waals surface area contributed by atoms with Gasteiger partial charge in [0.2, 0.25) is 0 Å². The number of rotatable bonds is 5. The van der Waals surface area contributed by atoms with Gasteiger partial charge in [-0.3, -0.25) is 5.26 Å². The smallest absolute Gasteiger partial charge is 0.129 e. The highest BCUT2D eigenvalue weighted by atomic mass is 35.5. The first-order valence-electron chi connectivity index (χ1n) is 10.4. The van der Waals surface area contributed by atoms with E-state index in [9.17, 15) is 10.4 Å². The molecule has 1 heterocycles. The number of benzene rings is 1. The number of halogens is 1. The maximum absolute atomic E-state index is 12.1. The van der Waals surface area contributed by atoms with E-state index in [1.807, 2.05) is 30.3 Å². The highest BCUT2D eigenvalue weighted by molar-refractivity contribution is 5.85. The SMILES string of the molecule is CN1CC2CCCC(C1)C2C(OO)C(O)(c1ccccc1)C1CCCC1.Cl. The maximum Gasteiger partial charge on any atom is 0.129 e. The minimum absolute atomic E-state index is 0. The number of aliphatic hydroxyl groups is 1. The summed E-state index contributed by atoms with van der Waals surface area (Å²) in [5.74, 6) is 1.35. The predicted octanol–water partition coefficient (Wildman–Crippen LogP) is 4.32. The van der Waals surface area contributed by atoms with Crippen LogP contribution in [0.5, 0.6) is 0 Å². The van der Waals surface area contributed by atoms with Gasteiger partial charge in [-0.2, -0.15) is 0 Å². The summed E-state index contributed by atoms with van der Waals surface area (Å²) >= 11 is 0. The largest absolute Gasteiger partial charge is 0.382 e. The molecule has 0 radical (unpaired) electrons. The molecule has 0 aromatic heterocycles. The lowest BCUT2D eigenvalue weighted by Crippen LogP contribution is -2.59. The highest BCUT2D eigenvalue weighted by Gasteiger charge is 2.55. The summed E-state index contributed by atoms with van der Waals surface area (Å²) in [6.07, 6.45) is 7.36. The van der Waals surface area contributed by atoms with Crippen LogP contribution in [0.1, 0.15) is 50.5 Å². The fourth-order valence-electron chi connectivity index (χ4n) is 6.35. The molecule has 1 aliphatic heterocycles. The summed E-state index contributed by atoms with van der Waals surface area (Å²) in [7, 11) is 2.19. The van der Waals surface area contributed by atoms with E-state index < -0.39 is 11.7 Å². The van der Waals surface area contributed by atoms with Crippen molar-refractivity contribution in [2.45, 2.75) is 56.7 Å². The van der Waals surface area contributed by atoms with E-state index in [-0.39, 0.29) is 24.2 Å². The van der Waals surface area contributed by atoms with Crippen LogP contribution in [0.15, 0.2) is 30.3 Å². The summed E-state index contributed by atoms with van der Waals surface area (Å²) in [6, 6.07) is 9.97. The van der Waals surface area contributed by atoms with Crippen LogP contribution in [0, 0.1) is 23.7 Å². The number of piperidine rings is 1. The molecule has 0 spiro atoms. The lowest BCUT2D eigenvalue weighted by molar-refractivity contribution is -0.349. The molecule has 27 heavy (non-hydrogen) atoms. The van der Waals surface area contributed by atoms with Crippen molar-refractivity contribution in [3.63, 3.8) is 0 Å². The zero-order valence-corrected chi connectivity index (χ0v) is 17.1. The summed E-state index contributed by atoms with van der Waals surface area (Å²) in [5.41, 5.74) is -0.205. The van der Waals surface area contributed by atoms with Gasteiger partial charge in [-0.15, -0.1) is 12.4 Å². The van der Waals surface area contributed by atoms with Crippen LogP contribution >= 0.6 is 12.4 Å². The molecule has 2 saturated carbocycles. The average molecular weight is 396 g/mol. The van der Waals surface area contributed by atoms with Gasteiger partial charge in [0.1, 0.15) is 11.7 Å². The van der Waals surface area contributed by atoms with Crippen LogP contribution in [-0.4, -0.2) is 41.5 Å². The van der Waals surface area contributed by atoms with Crippen molar-refractivity contribution in [2.24, 2.45) is 23.7 Å². The van der Waals surface area contributed by atoms with Gasteiger partial charge in [0.05, 0.1) is 0 Å². The van der Waals surface area contributed by atoms with Gasteiger partial charge in [0.15, 0.2) is 0 Å². The second kappa shape index (κ2) is 8.79. The minimum Gasteiger partial charge on any atom is -0.382 e. The average Bonchev–Trinajstić information content (AvgIpc) is 3.18. The second-order valence-corrected chi connectivity index (χ2v) is 8.95. The van der Waals surface area contributed by atoms with Crippen molar-refractivity contribution in [1.29, 1.82) is 0 Å². The Morgan fingerprint density at radius 2 is 1.59 bits per heavy atom. The molecule has 4 rings (SSSR count). The van der Waals surface area contributed by atoms with Gasteiger partial charge < -0.3 is 10.0 Å². The van der Waals surface area contributed by atoms with E-state index in [0.717, 1.165) is 44.3 Å². The molecule has 4 nitrogen and oxygen atoms in total. The van der Waals surface area contributed by atoms with E-state index in [4.69, 9.17) is 4.89 Å². The van der Waals surface area contributed by atoms with Crippen LogP contribution in [0.25, 0.3) is 0 Å². The zero-order chi connectivity index (χ0) is 18.1. The first kappa shape index (κ1) is 21.1. The van der Waals surface area contributed by atoms with Gasteiger partial charge in [0, 0.05) is 13.1 Å². The molecule has 2 bridgehead atoms. The van der Waals surface area contributed by atoms with Crippen LogP contribution in [0.2, 0.25) is 0 Å². The molecule has 1 saturated heterocycles. The molecule has 4 atom stereocenters. The normalized spacial score (nSPS) is 32.5. The fourth-order valence-corrected chi connectivity index (χ4v) is 6.35. The Balaban J connectivity index is 0.00000210. The Morgan fingerprint density at radius 3 is 2.15 bits per heavy atom. The standard InChI is InChI=1S/C22H33NO3.ClH/c1-23-14-16-8-7-9-17(15-23)20(16)21(26-25)22(24,19-12-5-6-13-19)18-10-3-2-4-11-18;/h2-4,10-11,16-17,19-21,24-25H,5-9,12-15H2,1H3;1H. The number of nitrogens with zero attached hydrogens (tertiary/aromatic N) is 1. The molecule has 0 amide bonds. The van der Waals surface area contributed by atoms with Crippen molar-refractivity contribution in [2.75, 3.05) is 20.1 Å². The van der Waals surface area contributed by atoms with Gasteiger partial charge in [-0.25, -0.2) is 4.89 Å². The van der Waals surface area contributed by atoms with Crippen molar-refractivity contribution in [3.05, 3.63) is 35.9 Å². The van der Waals surface area contributed by atoms with E-state index in [1.54, 1.807) is 0 Å². The van der Waals surface area contributed by atoms with Crippen LogP contribution in [0.3, 0.4) is 0 Å². The minimum atomic E-state index is -1.11. The third-order valence-corrected chi connectivity index (χ3v) is 7.44. The van der Waals surface area contributed by atoms with Crippen molar-refractivity contribution < 1.29 is 15.3 Å². The molecule has 4 unspecified atom stereocenters. The van der Waals surface area contributed by atoms with Gasteiger partial charge in [0.25, 0.3) is 0 Å². The lowest BCUT2D eigenvalue weighted by Gasteiger charge is -2.53. The second-order valence-electron chi connectivity index (χ2n) is 8.95. The van der Waals surface area contributed by atoms with Crippen LogP contribution in [-0.2, 0) is 10.5 Å². The third-order valence-electron chi connectivity index (χ3n) is 7.44. The molecule has 152 valence electrons. The van der Waals surface area contributed by atoms with Crippen molar-refractivity contribution in [3.8, 4) is 0 Å².